The second kappa shape index (κ2) is 11.1. The Kier molecular flexibility index (Phi) is 7.94. The van der Waals surface area contributed by atoms with Crippen molar-refractivity contribution in [2.24, 2.45) is 0 Å². The van der Waals surface area contributed by atoms with Crippen LogP contribution >= 0.6 is 0 Å². The summed E-state index contributed by atoms with van der Waals surface area (Å²) in [5.41, 5.74) is 7.44. The molecule has 0 saturated heterocycles. The number of rotatable bonds is 8. The summed E-state index contributed by atoms with van der Waals surface area (Å²) in [4.78, 5) is 16.0. The number of carboxylic acid groups (broad SMARTS) is 1. The normalized spacial score (nSPS) is 14.8. The number of aliphatic hydroxyl groups is 2. The first-order valence-electron chi connectivity index (χ1n) is 12.1. The van der Waals surface area contributed by atoms with Gasteiger partial charge in [-0.05, 0) is 34.7 Å². The van der Waals surface area contributed by atoms with Gasteiger partial charge in [0.15, 0.2) is 0 Å². The molecule has 36 heavy (non-hydrogen) atoms. The number of aliphatic hydroxyl groups excluding tert-OH is 2. The van der Waals surface area contributed by atoms with Gasteiger partial charge in [-0.15, -0.1) is 0 Å². The predicted molar refractivity (Wildman–Crippen MR) is 138 cm³/mol. The quantitative estimate of drug-likeness (QED) is 0.359. The van der Waals surface area contributed by atoms with Crippen LogP contribution in [-0.2, 0) is 17.9 Å². The predicted octanol–water partition coefficient (Wildman–Crippen LogP) is 4.88. The van der Waals surface area contributed by atoms with Crippen LogP contribution in [0.1, 0.15) is 55.0 Å². The maximum absolute atomic E-state index is 13.8. The molecule has 0 saturated carbocycles. The van der Waals surface area contributed by atoms with Crippen molar-refractivity contribution in [2.75, 3.05) is 0 Å². The van der Waals surface area contributed by atoms with Gasteiger partial charge in [-0.3, -0.25) is 9.78 Å². The molecule has 0 unspecified atom stereocenters. The Morgan fingerprint density at radius 1 is 1.11 bits per heavy atom. The van der Waals surface area contributed by atoms with Gasteiger partial charge in [0.2, 0.25) is 0 Å². The van der Waals surface area contributed by atoms with Gasteiger partial charge in [-0.1, -0.05) is 62.4 Å². The van der Waals surface area contributed by atoms with E-state index >= 15 is 0 Å². The molecule has 2 atom stereocenters. The zero-order valence-corrected chi connectivity index (χ0v) is 20.4. The second-order valence-corrected chi connectivity index (χ2v) is 9.45. The Morgan fingerprint density at radius 2 is 1.83 bits per heavy atom. The third kappa shape index (κ3) is 5.70. The first-order valence-corrected chi connectivity index (χ1v) is 12.1. The van der Waals surface area contributed by atoms with E-state index in [0.29, 0.717) is 13.1 Å². The summed E-state index contributed by atoms with van der Waals surface area (Å²) in [5.74, 6) is -1.40. The molecule has 7 heteroatoms. The van der Waals surface area contributed by atoms with Crippen molar-refractivity contribution in [3.8, 4) is 22.4 Å². The fourth-order valence-electron chi connectivity index (χ4n) is 4.68. The molecule has 0 amide bonds. The Balaban J connectivity index is 1.90. The molecule has 188 valence electrons. The summed E-state index contributed by atoms with van der Waals surface area (Å²) in [6, 6.07) is 14.5. The molecule has 4 N–H and O–H groups in total. The minimum atomic E-state index is -1.16. The number of halogens is 1. The maximum atomic E-state index is 13.8. The highest BCUT2D eigenvalue weighted by Gasteiger charge is 2.25. The van der Waals surface area contributed by atoms with E-state index in [1.165, 1.54) is 12.1 Å². The summed E-state index contributed by atoms with van der Waals surface area (Å²) in [5, 5.41) is 32.8. The lowest BCUT2D eigenvalue weighted by atomic mass is 9.87. The summed E-state index contributed by atoms with van der Waals surface area (Å²) < 4.78 is 13.8. The lowest BCUT2D eigenvalue weighted by molar-refractivity contribution is -0.139. The van der Waals surface area contributed by atoms with Crippen LogP contribution in [0.2, 0.25) is 0 Å². The number of carboxylic acids is 1. The van der Waals surface area contributed by atoms with E-state index in [9.17, 15) is 19.4 Å². The van der Waals surface area contributed by atoms with E-state index in [0.717, 1.165) is 44.8 Å². The minimum absolute atomic E-state index is 0.0484. The van der Waals surface area contributed by atoms with E-state index in [2.05, 4.69) is 31.3 Å². The molecule has 2 aromatic carbocycles. The van der Waals surface area contributed by atoms with E-state index in [1.54, 1.807) is 24.3 Å². The highest BCUT2D eigenvalue weighted by molar-refractivity contribution is 5.85. The van der Waals surface area contributed by atoms with Gasteiger partial charge in [0.05, 0.1) is 30.0 Å². The number of nitrogens with zero attached hydrogens (tertiary/aromatic N) is 1. The Bertz CT molecular complexity index is 1270. The van der Waals surface area contributed by atoms with E-state index < -0.39 is 24.6 Å². The molecular formula is C29H31FN2O4. The van der Waals surface area contributed by atoms with Crippen molar-refractivity contribution in [3.63, 3.8) is 0 Å². The van der Waals surface area contributed by atoms with Crippen molar-refractivity contribution in [3.05, 3.63) is 82.8 Å². The van der Waals surface area contributed by atoms with Gasteiger partial charge >= 0.3 is 5.97 Å². The van der Waals surface area contributed by atoms with Crippen molar-refractivity contribution in [1.29, 1.82) is 0 Å². The molecule has 0 bridgehead atoms. The van der Waals surface area contributed by atoms with Crippen LogP contribution in [0.25, 0.3) is 28.5 Å². The molecule has 0 radical (unpaired) electrons. The number of nitrogens with one attached hydrogen (secondary N) is 1. The van der Waals surface area contributed by atoms with E-state index in [-0.39, 0.29) is 18.2 Å². The van der Waals surface area contributed by atoms with Crippen LogP contribution in [0, 0.1) is 5.82 Å². The van der Waals surface area contributed by atoms with Crippen LogP contribution in [0.5, 0.6) is 0 Å². The lowest BCUT2D eigenvalue weighted by Crippen LogP contribution is -2.19. The number of benzene rings is 2. The Morgan fingerprint density at radius 3 is 2.53 bits per heavy atom. The second-order valence-electron chi connectivity index (χ2n) is 9.45. The Hall–Kier alpha value is -3.39. The van der Waals surface area contributed by atoms with Crippen molar-refractivity contribution >= 4 is 12.0 Å². The molecule has 0 spiro atoms. The number of aromatic nitrogens is 1. The molecule has 1 aromatic heterocycles. The van der Waals surface area contributed by atoms with Crippen molar-refractivity contribution in [1.82, 2.24) is 10.3 Å². The highest BCUT2D eigenvalue weighted by atomic mass is 19.1. The molecule has 4 rings (SSSR count). The zero-order valence-electron chi connectivity index (χ0n) is 20.4. The lowest BCUT2D eigenvalue weighted by Gasteiger charge is -2.22. The summed E-state index contributed by atoms with van der Waals surface area (Å²) in [7, 11) is 0. The molecule has 0 aliphatic carbocycles. The average molecular weight is 491 g/mol. The number of pyridine rings is 1. The molecule has 3 aromatic rings. The molecule has 6 nitrogen and oxygen atoms in total. The molecule has 1 aliphatic rings. The first kappa shape index (κ1) is 25.7. The summed E-state index contributed by atoms with van der Waals surface area (Å²) in [6.45, 7) is 5.35. The van der Waals surface area contributed by atoms with Gasteiger partial charge in [-0.2, -0.15) is 0 Å². The van der Waals surface area contributed by atoms with E-state index in [4.69, 9.17) is 10.1 Å². The van der Waals surface area contributed by atoms with Gasteiger partial charge in [0.25, 0.3) is 0 Å². The zero-order chi connectivity index (χ0) is 25.8. The molecule has 1 aliphatic heterocycles. The smallest absolute Gasteiger partial charge is 0.305 e. The van der Waals surface area contributed by atoms with Gasteiger partial charge in [-0.25, -0.2) is 4.39 Å². The SMILES string of the molecule is CC(C)c1nc2c(c(-c3ccc(F)cc3)c1/C=C/[C@@H](O)C[C@@H](O)CC(=O)O)CNCc1ccccc1-2. The van der Waals surface area contributed by atoms with Crippen LogP contribution in [0.4, 0.5) is 4.39 Å². The van der Waals surface area contributed by atoms with Crippen LogP contribution in [-0.4, -0.2) is 38.5 Å². The van der Waals surface area contributed by atoms with E-state index in [1.807, 2.05) is 12.1 Å². The molecule has 0 fully saturated rings. The number of aliphatic carboxylic acids is 1. The number of fused-ring (bicyclic) bond motifs is 3. The van der Waals surface area contributed by atoms with Crippen LogP contribution in [0.3, 0.4) is 0 Å². The number of hydrogen-bond donors (Lipinski definition) is 4. The fraction of sp³-hybridized carbons (Fsp3) is 0.310. The number of carbonyl (C=O) groups is 1. The average Bonchev–Trinajstić information content (AvgIpc) is 3.01. The third-order valence-electron chi connectivity index (χ3n) is 6.34. The standard InChI is InChI=1S/C29H31FN2O4/c1-17(2)28-24(12-11-21(33)13-22(34)14-26(35)36)27(18-7-9-20(30)10-8-18)25-16-31-15-19-5-3-4-6-23(19)29(25)32-28/h3-12,17,21-22,31,33-34H,13-16H2,1-2H3,(H,35,36)/b12-11+/t21-,22-/m1/s1. The Labute approximate surface area is 210 Å². The summed E-state index contributed by atoms with van der Waals surface area (Å²) >= 11 is 0. The maximum Gasteiger partial charge on any atom is 0.305 e. The van der Waals surface area contributed by atoms with Gasteiger partial charge in [0.1, 0.15) is 5.82 Å². The van der Waals surface area contributed by atoms with Crippen molar-refractivity contribution in [2.45, 2.75) is 57.9 Å². The summed E-state index contributed by atoms with van der Waals surface area (Å²) in [6.07, 6.45) is 0.613. The van der Waals surface area contributed by atoms with Gasteiger partial charge in [0, 0.05) is 36.2 Å². The minimum Gasteiger partial charge on any atom is -0.481 e. The number of hydrogen-bond acceptors (Lipinski definition) is 5. The highest BCUT2D eigenvalue weighted by Crippen LogP contribution is 2.40. The topological polar surface area (TPSA) is 103 Å². The van der Waals surface area contributed by atoms with Crippen molar-refractivity contribution < 1.29 is 24.5 Å². The van der Waals surface area contributed by atoms with Crippen LogP contribution in [0.15, 0.2) is 54.6 Å². The molecular weight excluding hydrogens is 459 g/mol. The first-order chi connectivity index (χ1) is 17.2. The molecule has 2 heterocycles. The largest absolute Gasteiger partial charge is 0.481 e. The monoisotopic (exact) mass is 490 g/mol. The van der Waals surface area contributed by atoms with Gasteiger partial charge < -0.3 is 20.6 Å². The van der Waals surface area contributed by atoms with Crippen LogP contribution < -0.4 is 5.32 Å². The fourth-order valence-corrected chi connectivity index (χ4v) is 4.68. The third-order valence-corrected chi connectivity index (χ3v) is 6.34.